The molecule has 200 valence electrons. The largest absolute Gasteiger partial charge is 0.497 e. The minimum absolute atomic E-state index is 0.197. The Bertz CT molecular complexity index is 1620. The number of H-pyrrole nitrogens is 1. The van der Waals surface area contributed by atoms with E-state index in [0.29, 0.717) is 48.7 Å². The molecule has 0 aliphatic rings. The minimum atomic E-state index is -0.319. The van der Waals surface area contributed by atoms with Crippen molar-refractivity contribution in [2.24, 2.45) is 0 Å². The van der Waals surface area contributed by atoms with Crippen LogP contribution < -0.4 is 10.3 Å². The molecule has 0 saturated carbocycles. The molecule has 1 N–H and O–H groups in total. The zero-order valence-corrected chi connectivity index (χ0v) is 21.6. The number of fused-ring (bicyclic) bond motifs is 1. The summed E-state index contributed by atoms with van der Waals surface area (Å²) in [5.74, 6) is 0.671. The van der Waals surface area contributed by atoms with Crippen LogP contribution in [-0.2, 0) is 19.6 Å². The Morgan fingerprint density at radius 1 is 0.949 bits per heavy atom. The number of pyridine rings is 1. The Labute approximate surface area is 223 Å². The molecule has 1 atom stereocenters. The van der Waals surface area contributed by atoms with Crippen LogP contribution in [0.15, 0.2) is 77.6 Å². The Hall–Kier alpha value is -4.44. The number of tetrazole rings is 1. The average Bonchev–Trinajstić information content (AvgIpc) is 3.39. The molecule has 0 bridgehead atoms. The van der Waals surface area contributed by atoms with Crippen molar-refractivity contribution >= 4 is 10.9 Å². The maximum Gasteiger partial charge on any atom is 0.252 e. The number of ether oxygens (including phenoxy) is 1. The van der Waals surface area contributed by atoms with Gasteiger partial charge in [0.25, 0.3) is 5.56 Å². The number of nitrogens with zero attached hydrogens (tertiary/aromatic N) is 5. The molecule has 0 spiro atoms. The van der Waals surface area contributed by atoms with Gasteiger partial charge in [-0.3, -0.25) is 9.69 Å². The first-order chi connectivity index (χ1) is 18.9. The fraction of sp³-hybridized carbons (Fsp3) is 0.241. The number of halogens is 2. The third-order valence-corrected chi connectivity index (χ3v) is 6.73. The summed E-state index contributed by atoms with van der Waals surface area (Å²) in [7, 11) is 1.60. The first kappa shape index (κ1) is 26.2. The van der Waals surface area contributed by atoms with Crippen LogP contribution in [0.4, 0.5) is 8.78 Å². The predicted octanol–water partition coefficient (Wildman–Crippen LogP) is 5.00. The highest BCUT2D eigenvalue weighted by molar-refractivity contribution is 5.80. The van der Waals surface area contributed by atoms with E-state index in [1.165, 1.54) is 24.3 Å². The van der Waals surface area contributed by atoms with Gasteiger partial charge in [-0.1, -0.05) is 31.2 Å². The number of methoxy groups -OCH3 is 1. The van der Waals surface area contributed by atoms with Gasteiger partial charge in [0.2, 0.25) is 0 Å². The molecule has 0 radical (unpaired) electrons. The van der Waals surface area contributed by atoms with Crippen molar-refractivity contribution < 1.29 is 13.5 Å². The molecule has 0 fully saturated rings. The van der Waals surface area contributed by atoms with Gasteiger partial charge in [0.05, 0.1) is 19.7 Å². The smallest absolute Gasteiger partial charge is 0.252 e. The average molecular weight is 531 g/mol. The third-order valence-electron chi connectivity index (χ3n) is 6.73. The molecule has 5 rings (SSSR count). The molecule has 10 heteroatoms. The summed E-state index contributed by atoms with van der Waals surface area (Å²) in [6.07, 6.45) is 0.643. The van der Waals surface area contributed by atoms with Crippen molar-refractivity contribution in [3.8, 4) is 5.75 Å². The van der Waals surface area contributed by atoms with Crippen molar-refractivity contribution in [3.05, 3.63) is 117 Å². The van der Waals surface area contributed by atoms with Gasteiger partial charge < -0.3 is 9.72 Å². The number of nitrogens with one attached hydrogen (secondary N) is 1. The molecular weight excluding hydrogens is 502 g/mol. The first-order valence-corrected chi connectivity index (χ1v) is 12.6. The van der Waals surface area contributed by atoms with Crippen LogP contribution in [0.25, 0.3) is 10.9 Å². The number of hydrogen-bond acceptors (Lipinski definition) is 6. The molecule has 8 nitrogen and oxygen atoms in total. The lowest BCUT2D eigenvalue weighted by molar-refractivity contribution is 0.161. The van der Waals surface area contributed by atoms with E-state index in [-0.39, 0.29) is 23.2 Å². The summed E-state index contributed by atoms with van der Waals surface area (Å²) in [6.45, 7) is 3.11. The van der Waals surface area contributed by atoms with Gasteiger partial charge in [-0.2, -0.15) is 0 Å². The number of aromatic amines is 1. The molecule has 5 aromatic rings. The van der Waals surface area contributed by atoms with E-state index in [2.05, 4.69) is 25.4 Å². The summed E-state index contributed by atoms with van der Waals surface area (Å²) in [5.41, 5.74) is 2.81. The second-order valence-electron chi connectivity index (χ2n) is 9.35. The number of hydrogen-bond donors (Lipinski definition) is 1. The van der Waals surface area contributed by atoms with Crippen molar-refractivity contribution in [1.82, 2.24) is 30.1 Å². The van der Waals surface area contributed by atoms with E-state index in [1.807, 2.05) is 25.1 Å². The van der Waals surface area contributed by atoms with Gasteiger partial charge in [-0.25, -0.2) is 13.5 Å². The van der Waals surface area contributed by atoms with Crippen LogP contribution in [0.1, 0.15) is 41.9 Å². The van der Waals surface area contributed by atoms with E-state index < -0.39 is 0 Å². The van der Waals surface area contributed by atoms with Crippen molar-refractivity contribution in [2.75, 3.05) is 7.11 Å². The fourth-order valence-electron chi connectivity index (χ4n) is 4.72. The lowest BCUT2D eigenvalue weighted by atomic mass is 10.1. The summed E-state index contributed by atoms with van der Waals surface area (Å²) in [5, 5.41) is 13.3. The topological polar surface area (TPSA) is 88.9 Å². The van der Waals surface area contributed by atoms with Gasteiger partial charge in [0, 0.05) is 29.6 Å². The molecule has 0 saturated heterocycles. The molecule has 3 aromatic carbocycles. The van der Waals surface area contributed by atoms with Crippen LogP contribution in [0.5, 0.6) is 5.75 Å². The second-order valence-corrected chi connectivity index (χ2v) is 9.35. The first-order valence-electron chi connectivity index (χ1n) is 12.6. The lowest BCUT2D eigenvalue weighted by Gasteiger charge is -2.30. The van der Waals surface area contributed by atoms with E-state index >= 15 is 0 Å². The van der Waals surface area contributed by atoms with Crippen LogP contribution in [0.3, 0.4) is 0 Å². The normalized spacial score (nSPS) is 12.2. The van der Waals surface area contributed by atoms with Gasteiger partial charge in [0.15, 0.2) is 5.82 Å². The molecular formula is C29H28F2N6O2. The molecule has 0 amide bonds. The standard InChI is InChI=1S/C29H28F2N6O2/c1-3-27(28-33-34-35-37(28)17-20-6-10-24(31)11-7-20)36(16-19-4-8-23(30)9-5-19)18-22-14-21-15-25(39-2)12-13-26(21)32-29(22)38/h4-15,27H,3,16-18H2,1-2H3,(H,32,38)/t27-/m1/s1. The minimum Gasteiger partial charge on any atom is -0.497 e. The third kappa shape index (κ3) is 6.01. The number of aromatic nitrogens is 5. The van der Waals surface area contributed by atoms with Crippen LogP contribution >= 0.6 is 0 Å². The van der Waals surface area contributed by atoms with E-state index in [9.17, 15) is 13.6 Å². The highest BCUT2D eigenvalue weighted by Gasteiger charge is 2.26. The molecule has 0 unspecified atom stereocenters. The van der Waals surface area contributed by atoms with Crippen LogP contribution in [0, 0.1) is 11.6 Å². The Kier molecular flexibility index (Phi) is 7.74. The maximum atomic E-state index is 13.6. The molecule has 2 aromatic heterocycles. The van der Waals surface area contributed by atoms with E-state index in [0.717, 1.165) is 16.5 Å². The van der Waals surface area contributed by atoms with Crippen LogP contribution in [-0.4, -0.2) is 37.2 Å². The maximum absolute atomic E-state index is 13.6. The summed E-state index contributed by atoms with van der Waals surface area (Å²) in [4.78, 5) is 18.2. The van der Waals surface area contributed by atoms with Crippen LogP contribution in [0.2, 0.25) is 0 Å². The van der Waals surface area contributed by atoms with Gasteiger partial charge in [-0.15, -0.1) is 5.10 Å². The number of benzene rings is 3. The predicted molar refractivity (Wildman–Crippen MR) is 143 cm³/mol. The number of rotatable bonds is 10. The zero-order valence-electron chi connectivity index (χ0n) is 21.6. The summed E-state index contributed by atoms with van der Waals surface area (Å²) in [6, 6.07) is 19.6. The Balaban J connectivity index is 1.52. The Morgan fingerprint density at radius 2 is 1.64 bits per heavy atom. The monoisotopic (exact) mass is 530 g/mol. The summed E-state index contributed by atoms with van der Waals surface area (Å²) < 4.78 is 34.1. The van der Waals surface area contributed by atoms with Crippen molar-refractivity contribution in [2.45, 2.75) is 39.0 Å². The Morgan fingerprint density at radius 3 is 2.31 bits per heavy atom. The van der Waals surface area contributed by atoms with Gasteiger partial charge >= 0.3 is 0 Å². The van der Waals surface area contributed by atoms with Gasteiger partial charge in [-0.05, 0) is 76.5 Å². The quantitative estimate of drug-likeness (QED) is 0.273. The molecule has 0 aliphatic heterocycles. The van der Waals surface area contributed by atoms with Gasteiger partial charge in [0.1, 0.15) is 17.4 Å². The SMILES string of the molecule is CC[C@H](c1nnnn1Cc1ccc(F)cc1)N(Cc1ccc(F)cc1)Cc1cc2cc(OC)ccc2[nH]c1=O. The second kappa shape index (κ2) is 11.5. The lowest BCUT2D eigenvalue weighted by Crippen LogP contribution is -2.32. The fourth-order valence-corrected chi connectivity index (χ4v) is 4.72. The highest BCUT2D eigenvalue weighted by atomic mass is 19.1. The summed E-state index contributed by atoms with van der Waals surface area (Å²) >= 11 is 0. The van der Waals surface area contributed by atoms with E-state index in [1.54, 1.807) is 42.1 Å². The van der Waals surface area contributed by atoms with Crippen molar-refractivity contribution in [3.63, 3.8) is 0 Å². The van der Waals surface area contributed by atoms with E-state index in [4.69, 9.17) is 4.74 Å². The zero-order chi connectivity index (χ0) is 27.4. The molecule has 0 aliphatic carbocycles. The highest BCUT2D eigenvalue weighted by Crippen LogP contribution is 2.27. The molecule has 39 heavy (non-hydrogen) atoms. The molecule has 2 heterocycles. The van der Waals surface area contributed by atoms with Crippen molar-refractivity contribution in [1.29, 1.82) is 0 Å².